The first kappa shape index (κ1) is 12.7. The summed E-state index contributed by atoms with van der Waals surface area (Å²) < 4.78 is 0. The maximum atomic E-state index is 10.9. The van der Waals surface area contributed by atoms with Gasteiger partial charge in [-0.3, -0.25) is 4.79 Å². The van der Waals surface area contributed by atoms with E-state index in [1.165, 1.54) is 17.5 Å². The Kier molecular flexibility index (Phi) is 3.56. The Morgan fingerprint density at radius 3 is 2.58 bits per heavy atom. The third kappa shape index (κ3) is 2.66. The normalized spacial score (nSPS) is 30.0. The molecule has 1 fully saturated rings. The SMILES string of the molecule is O=C(O)C1CCC(NC2CCc3ccccc32)CC1. The van der Waals surface area contributed by atoms with E-state index in [1.807, 2.05) is 0 Å². The zero-order valence-electron chi connectivity index (χ0n) is 11.1. The van der Waals surface area contributed by atoms with Gasteiger partial charge in [0.05, 0.1) is 5.92 Å². The van der Waals surface area contributed by atoms with Crippen molar-refractivity contribution in [2.24, 2.45) is 5.92 Å². The molecule has 2 N–H and O–H groups in total. The molecule has 0 saturated heterocycles. The van der Waals surface area contributed by atoms with Crippen molar-refractivity contribution in [3.63, 3.8) is 0 Å². The second-order valence-corrected chi connectivity index (χ2v) is 5.84. The second kappa shape index (κ2) is 5.33. The molecule has 1 aromatic carbocycles. The van der Waals surface area contributed by atoms with Crippen LogP contribution in [0.3, 0.4) is 0 Å². The number of rotatable bonds is 3. The molecule has 1 unspecified atom stereocenters. The van der Waals surface area contributed by atoms with Crippen LogP contribution in [0.15, 0.2) is 24.3 Å². The molecular formula is C16H21NO2. The molecule has 102 valence electrons. The Morgan fingerprint density at radius 1 is 1.11 bits per heavy atom. The standard InChI is InChI=1S/C16H21NO2/c18-16(19)12-5-8-13(9-6-12)17-15-10-7-11-3-1-2-4-14(11)15/h1-4,12-13,15,17H,5-10H2,(H,18,19). The van der Waals surface area contributed by atoms with Crippen molar-refractivity contribution >= 4 is 5.97 Å². The number of benzene rings is 1. The van der Waals surface area contributed by atoms with Gasteiger partial charge in [0.25, 0.3) is 0 Å². The molecule has 0 bridgehead atoms. The van der Waals surface area contributed by atoms with Crippen molar-refractivity contribution in [3.8, 4) is 0 Å². The maximum absolute atomic E-state index is 10.9. The zero-order chi connectivity index (χ0) is 13.2. The molecule has 3 rings (SSSR count). The average molecular weight is 259 g/mol. The number of hydrogen-bond acceptors (Lipinski definition) is 2. The van der Waals surface area contributed by atoms with Crippen LogP contribution in [-0.4, -0.2) is 17.1 Å². The van der Waals surface area contributed by atoms with E-state index < -0.39 is 5.97 Å². The van der Waals surface area contributed by atoms with Crippen molar-refractivity contribution in [1.82, 2.24) is 5.32 Å². The lowest BCUT2D eigenvalue weighted by molar-refractivity contribution is -0.142. The third-order valence-electron chi connectivity index (χ3n) is 4.65. The molecule has 3 nitrogen and oxygen atoms in total. The average Bonchev–Trinajstić information content (AvgIpc) is 2.83. The Bertz CT molecular complexity index is 464. The lowest BCUT2D eigenvalue weighted by Gasteiger charge is -2.29. The van der Waals surface area contributed by atoms with Crippen LogP contribution >= 0.6 is 0 Å². The highest BCUT2D eigenvalue weighted by Gasteiger charge is 2.29. The second-order valence-electron chi connectivity index (χ2n) is 5.84. The Balaban J connectivity index is 1.58. The van der Waals surface area contributed by atoms with E-state index >= 15 is 0 Å². The number of aryl methyl sites for hydroxylation is 1. The minimum atomic E-state index is -0.621. The van der Waals surface area contributed by atoms with Crippen molar-refractivity contribution in [1.29, 1.82) is 0 Å². The van der Waals surface area contributed by atoms with E-state index in [9.17, 15) is 4.79 Å². The number of nitrogens with one attached hydrogen (secondary N) is 1. The van der Waals surface area contributed by atoms with Gasteiger partial charge in [-0.05, 0) is 49.7 Å². The quantitative estimate of drug-likeness (QED) is 0.877. The van der Waals surface area contributed by atoms with Crippen LogP contribution in [0.1, 0.15) is 49.3 Å². The van der Waals surface area contributed by atoms with E-state index in [2.05, 4.69) is 29.6 Å². The molecule has 0 spiro atoms. The summed E-state index contributed by atoms with van der Waals surface area (Å²) >= 11 is 0. The lowest BCUT2D eigenvalue weighted by atomic mass is 9.85. The van der Waals surface area contributed by atoms with Crippen LogP contribution in [0, 0.1) is 5.92 Å². The minimum absolute atomic E-state index is 0.117. The van der Waals surface area contributed by atoms with Crippen LogP contribution in [0.25, 0.3) is 0 Å². The minimum Gasteiger partial charge on any atom is -0.481 e. The largest absolute Gasteiger partial charge is 0.481 e. The molecule has 2 aliphatic carbocycles. The van der Waals surface area contributed by atoms with Crippen molar-refractivity contribution in [2.75, 3.05) is 0 Å². The van der Waals surface area contributed by atoms with Gasteiger partial charge in [0, 0.05) is 12.1 Å². The molecule has 1 atom stereocenters. The van der Waals surface area contributed by atoms with Gasteiger partial charge in [0.2, 0.25) is 0 Å². The monoisotopic (exact) mass is 259 g/mol. The summed E-state index contributed by atoms with van der Waals surface area (Å²) in [6.45, 7) is 0. The first-order chi connectivity index (χ1) is 9.24. The lowest BCUT2D eigenvalue weighted by Crippen LogP contribution is -2.36. The third-order valence-corrected chi connectivity index (χ3v) is 4.65. The summed E-state index contributed by atoms with van der Waals surface area (Å²) in [5.41, 5.74) is 2.92. The fraction of sp³-hybridized carbons (Fsp3) is 0.562. The van der Waals surface area contributed by atoms with Crippen LogP contribution in [0.4, 0.5) is 0 Å². The molecule has 1 aromatic rings. The Labute approximate surface area is 114 Å². The number of aliphatic carboxylic acids is 1. The van der Waals surface area contributed by atoms with Crippen molar-refractivity contribution in [3.05, 3.63) is 35.4 Å². The number of hydrogen-bond donors (Lipinski definition) is 2. The van der Waals surface area contributed by atoms with E-state index in [1.54, 1.807) is 0 Å². The van der Waals surface area contributed by atoms with Crippen LogP contribution < -0.4 is 5.32 Å². The summed E-state index contributed by atoms with van der Waals surface area (Å²) in [5, 5.41) is 12.8. The molecule has 0 aliphatic heterocycles. The summed E-state index contributed by atoms with van der Waals surface area (Å²) in [4.78, 5) is 10.9. The van der Waals surface area contributed by atoms with Gasteiger partial charge in [0.15, 0.2) is 0 Å². The molecule has 0 amide bonds. The maximum Gasteiger partial charge on any atom is 0.306 e. The highest BCUT2D eigenvalue weighted by molar-refractivity contribution is 5.70. The van der Waals surface area contributed by atoms with Crippen molar-refractivity contribution < 1.29 is 9.90 Å². The molecular weight excluding hydrogens is 238 g/mol. The molecule has 2 aliphatic rings. The van der Waals surface area contributed by atoms with Gasteiger partial charge >= 0.3 is 5.97 Å². The van der Waals surface area contributed by atoms with E-state index in [-0.39, 0.29) is 5.92 Å². The summed E-state index contributed by atoms with van der Waals surface area (Å²) in [6, 6.07) is 9.63. The Hall–Kier alpha value is -1.35. The Morgan fingerprint density at radius 2 is 1.84 bits per heavy atom. The summed E-state index contributed by atoms with van der Waals surface area (Å²) in [6.07, 6.45) is 5.98. The van der Waals surface area contributed by atoms with Gasteiger partial charge in [-0.15, -0.1) is 0 Å². The summed E-state index contributed by atoms with van der Waals surface area (Å²) in [7, 11) is 0. The number of carbonyl (C=O) groups is 1. The molecule has 0 radical (unpaired) electrons. The van der Waals surface area contributed by atoms with E-state index in [4.69, 9.17) is 5.11 Å². The van der Waals surface area contributed by atoms with Crippen LogP contribution in [0.5, 0.6) is 0 Å². The number of carboxylic acids is 1. The zero-order valence-corrected chi connectivity index (χ0v) is 11.1. The molecule has 1 saturated carbocycles. The smallest absolute Gasteiger partial charge is 0.306 e. The highest BCUT2D eigenvalue weighted by Crippen LogP contribution is 2.33. The fourth-order valence-corrected chi connectivity index (χ4v) is 3.52. The topological polar surface area (TPSA) is 49.3 Å². The molecule has 0 aromatic heterocycles. The molecule has 0 heterocycles. The predicted octanol–water partition coefficient (Wildman–Crippen LogP) is 2.91. The van der Waals surface area contributed by atoms with E-state index in [0.717, 1.165) is 32.1 Å². The first-order valence-electron chi connectivity index (χ1n) is 7.30. The van der Waals surface area contributed by atoms with Gasteiger partial charge in [-0.2, -0.15) is 0 Å². The highest BCUT2D eigenvalue weighted by atomic mass is 16.4. The van der Waals surface area contributed by atoms with Crippen LogP contribution in [-0.2, 0) is 11.2 Å². The number of carboxylic acid groups (broad SMARTS) is 1. The summed E-state index contributed by atoms with van der Waals surface area (Å²) in [5.74, 6) is -0.737. The van der Waals surface area contributed by atoms with Gasteiger partial charge in [-0.1, -0.05) is 24.3 Å². The first-order valence-corrected chi connectivity index (χ1v) is 7.30. The van der Waals surface area contributed by atoms with Gasteiger partial charge in [-0.25, -0.2) is 0 Å². The molecule has 19 heavy (non-hydrogen) atoms. The van der Waals surface area contributed by atoms with Crippen molar-refractivity contribution in [2.45, 2.75) is 50.6 Å². The van der Waals surface area contributed by atoms with Gasteiger partial charge < -0.3 is 10.4 Å². The van der Waals surface area contributed by atoms with Crippen LogP contribution in [0.2, 0.25) is 0 Å². The van der Waals surface area contributed by atoms with E-state index in [0.29, 0.717) is 12.1 Å². The number of fused-ring (bicyclic) bond motifs is 1. The van der Waals surface area contributed by atoms with Gasteiger partial charge in [0.1, 0.15) is 0 Å². The predicted molar refractivity (Wildman–Crippen MR) is 74.0 cm³/mol. The molecule has 3 heteroatoms. The fourth-order valence-electron chi connectivity index (χ4n) is 3.52.